The van der Waals surface area contributed by atoms with Crippen LogP contribution in [0.4, 0.5) is 0 Å². The molecular weight excluding hydrogens is 176 g/mol. The minimum absolute atomic E-state index is 0.623. The van der Waals surface area contributed by atoms with E-state index < -0.39 is 5.60 Å². The first-order valence-corrected chi connectivity index (χ1v) is 5.06. The molecule has 0 aromatic carbocycles. The van der Waals surface area contributed by atoms with Crippen molar-refractivity contribution in [2.75, 3.05) is 33.7 Å². The van der Waals surface area contributed by atoms with Gasteiger partial charge < -0.3 is 15.3 Å². The lowest BCUT2D eigenvalue weighted by Gasteiger charge is -2.27. The highest BCUT2D eigenvalue weighted by atomic mass is 16.3. The first-order valence-electron chi connectivity index (χ1n) is 5.06. The standard InChI is InChI=1S/C11H24N2O/c1-10(2)6-7-12-8-11(3,14)9-13(4)5/h12,14H,1,6-9H2,2-5H3. The van der Waals surface area contributed by atoms with Crippen molar-refractivity contribution in [1.82, 2.24) is 10.2 Å². The monoisotopic (exact) mass is 200 g/mol. The molecule has 0 aliphatic heterocycles. The Bertz CT molecular complexity index is 176. The molecule has 0 bridgehead atoms. The van der Waals surface area contributed by atoms with Gasteiger partial charge in [0.15, 0.2) is 0 Å². The molecule has 0 rings (SSSR count). The highest BCUT2D eigenvalue weighted by molar-refractivity contribution is 4.88. The van der Waals surface area contributed by atoms with Crippen LogP contribution in [0.2, 0.25) is 0 Å². The molecule has 0 aliphatic carbocycles. The Morgan fingerprint density at radius 2 is 2.07 bits per heavy atom. The van der Waals surface area contributed by atoms with E-state index in [4.69, 9.17) is 0 Å². The van der Waals surface area contributed by atoms with Crippen LogP contribution >= 0.6 is 0 Å². The van der Waals surface area contributed by atoms with Crippen molar-refractivity contribution in [2.24, 2.45) is 0 Å². The van der Waals surface area contributed by atoms with Gasteiger partial charge in [-0.1, -0.05) is 5.57 Å². The Kier molecular flexibility index (Phi) is 6.00. The van der Waals surface area contributed by atoms with Crippen LogP contribution in [0, 0.1) is 0 Å². The molecule has 2 N–H and O–H groups in total. The predicted molar refractivity (Wildman–Crippen MR) is 61.5 cm³/mol. The van der Waals surface area contributed by atoms with Crippen molar-refractivity contribution in [1.29, 1.82) is 0 Å². The van der Waals surface area contributed by atoms with Crippen molar-refractivity contribution in [3.8, 4) is 0 Å². The van der Waals surface area contributed by atoms with E-state index >= 15 is 0 Å². The fraction of sp³-hybridized carbons (Fsp3) is 0.818. The highest BCUT2D eigenvalue weighted by Crippen LogP contribution is 2.02. The first kappa shape index (κ1) is 13.6. The Labute approximate surface area is 87.8 Å². The van der Waals surface area contributed by atoms with E-state index in [1.54, 1.807) is 0 Å². The number of hydrogen-bond acceptors (Lipinski definition) is 3. The maximum atomic E-state index is 9.92. The molecule has 3 nitrogen and oxygen atoms in total. The molecule has 84 valence electrons. The predicted octanol–water partition coefficient (Wildman–Crippen LogP) is 0.855. The molecule has 0 spiro atoms. The summed E-state index contributed by atoms with van der Waals surface area (Å²) in [4.78, 5) is 1.99. The zero-order valence-electron chi connectivity index (χ0n) is 9.93. The van der Waals surface area contributed by atoms with E-state index in [-0.39, 0.29) is 0 Å². The van der Waals surface area contributed by atoms with Crippen LogP contribution in [0.1, 0.15) is 20.3 Å². The number of aliphatic hydroxyl groups is 1. The second kappa shape index (κ2) is 6.17. The fourth-order valence-corrected chi connectivity index (χ4v) is 1.40. The molecule has 0 aromatic heterocycles. The number of hydrogen-bond donors (Lipinski definition) is 2. The van der Waals surface area contributed by atoms with Gasteiger partial charge in [0.05, 0.1) is 5.60 Å². The van der Waals surface area contributed by atoms with Crippen molar-refractivity contribution < 1.29 is 5.11 Å². The molecule has 3 heteroatoms. The van der Waals surface area contributed by atoms with Crippen molar-refractivity contribution in [3.05, 3.63) is 12.2 Å². The third kappa shape index (κ3) is 8.23. The smallest absolute Gasteiger partial charge is 0.0869 e. The van der Waals surface area contributed by atoms with Crippen molar-refractivity contribution >= 4 is 0 Å². The highest BCUT2D eigenvalue weighted by Gasteiger charge is 2.20. The average Bonchev–Trinajstić information content (AvgIpc) is 1.95. The lowest BCUT2D eigenvalue weighted by atomic mass is 10.1. The summed E-state index contributed by atoms with van der Waals surface area (Å²) in [6.45, 7) is 9.87. The third-order valence-corrected chi connectivity index (χ3v) is 1.89. The van der Waals surface area contributed by atoms with Crippen LogP contribution in [-0.2, 0) is 0 Å². The summed E-state index contributed by atoms with van der Waals surface area (Å²) in [6, 6.07) is 0. The minimum Gasteiger partial charge on any atom is -0.388 e. The molecule has 0 aromatic rings. The number of nitrogens with one attached hydrogen (secondary N) is 1. The van der Waals surface area contributed by atoms with E-state index in [9.17, 15) is 5.11 Å². The minimum atomic E-state index is -0.654. The lowest BCUT2D eigenvalue weighted by molar-refractivity contribution is 0.0341. The van der Waals surface area contributed by atoms with E-state index in [0.29, 0.717) is 13.1 Å². The largest absolute Gasteiger partial charge is 0.388 e. The van der Waals surface area contributed by atoms with Gasteiger partial charge >= 0.3 is 0 Å². The number of rotatable bonds is 7. The summed E-state index contributed by atoms with van der Waals surface area (Å²) in [6.07, 6.45) is 0.970. The van der Waals surface area contributed by atoms with Crippen molar-refractivity contribution in [3.63, 3.8) is 0 Å². The maximum Gasteiger partial charge on any atom is 0.0869 e. The summed E-state index contributed by atoms with van der Waals surface area (Å²) in [5.74, 6) is 0. The van der Waals surface area contributed by atoms with Gasteiger partial charge in [-0.15, -0.1) is 6.58 Å². The van der Waals surface area contributed by atoms with Crippen LogP contribution in [0.3, 0.4) is 0 Å². The normalized spacial score (nSPS) is 15.6. The van der Waals surface area contributed by atoms with E-state index in [0.717, 1.165) is 13.0 Å². The number of nitrogens with zero attached hydrogens (tertiary/aromatic N) is 1. The van der Waals surface area contributed by atoms with Crippen LogP contribution in [0.15, 0.2) is 12.2 Å². The van der Waals surface area contributed by atoms with Crippen molar-refractivity contribution in [2.45, 2.75) is 25.9 Å². The fourth-order valence-electron chi connectivity index (χ4n) is 1.40. The van der Waals surface area contributed by atoms with Crippen LogP contribution in [-0.4, -0.2) is 49.3 Å². The second-order valence-corrected chi connectivity index (χ2v) is 4.62. The summed E-state index contributed by atoms with van der Waals surface area (Å²) in [5, 5.41) is 13.1. The van der Waals surface area contributed by atoms with Crippen LogP contribution < -0.4 is 5.32 Å². The summed E-state index contributed by atoms with van der Waals surface area (Å²) >= 11 is 0. The molecule has 1 atom stereocenters. The van der Waals surface area contributed by atoms with Gasteiger partial charge in [-0.3, -0.25) is 0 Å². The molecule has 14 heavy (non-hydrogen) atoms. The Morgan fingerprint density at radius 3 is 2.50 bits per heavy atom. The van der Waals surface area contributed by atoms with Gasteiger partial charge in [0.1, 0.15) is 0 Å². The third-order valence-electron chi connectivity index (χ3n) is 1.89. The van der Waals surface area contributed by atoms with E-state index in [1.165, 1.54) is 5.57 Å². The van der Waals surface area contributed by atoms with Gasteiger partial charge in [0, 0.05) is 13.1 Å². The second-order valence-electron chi connectivity index (χ2n) is 4.62. The van der Waals surface area contributed by atoms with Gasteiger partial charge in [0.25, 0.3) is 0 Å². The lowest BCUT2D eigenvalue weighted by Crippen LogP contribution is -2.45. The molecular formula is C11H24N2O. The molecule has 0 heterocycles. The van der Waals surface area contributed by atoms with E-state index in [1.807, 2.05) is 32.8 Å². The first-order chi connectivity index (χ1) is 6.33. The molecule has 0 aliphatic rings. The Morgan fingerprint density at radius 1 is 1.50 bits per heavy atom. The zero-order valence-corrected chi connectivity index (χ0v) is 9.93. The van der Waals surface area contributed by atoms with Crippen LogP contribution in [0.5, 0.6) is 0 Å². The van der Waals surface area contributed by atoms with E-state index in [2.05, 4.69) is 11.9 Å². The molecule has 0 saturated carbocycles. The molecule has 0 radical (unpaired) electrons. The zero-order chi connectivity index (χ0) is 11.2. The summed E-state index contributed by atoms with van der Waals surface area (Å²) in [7, 11) is 3.92. The summed E-state index contributed by atoms with van der Waals surface area (Å²) in [5.41, 5.74) is 0.517. The van der Waals surface area contributed by atoms with Crippen LogP contribution in [0.25, 0.3) is 0 Å². The maximum absolute atomic E-state index is 9.92. The molecule has 1 unspecified atom stereocenters. The van der Waals surface area contributed by atoms with Gasteiger partial charge in [-0.25, -0.2) is 0 Å². The Balaban J connectivity index is 3.60. The SMILES string of the molecule is C=C(C)CCNCC(C)(O)CN(C)C. The molecule has 0 amide bonds. The van der Waals surface area contributed by atoms with Gasteiger partial charge in [-0.2, -0.15) is 0 Å². The molecule has 0 saturated heterocycles. The quantitative estimate of drug-likeness (QED) is 0.472. The van der Waals surface area contributed by atoms with Gasteiger partial charge in [-0.05, 0) is 40.9 Å². The Hall–Kier alpha value is -0.380. The number of likely N-dealkylation sites (N-methyl/N-ethyl adjacent to an activating group) is 1. The topological polar surface area (TPSA) is 35.5 Å². The summed E-state index contributed by atoms with van der Waals surface area (Å²) < 4.78 is 0. The molecule has 0 fully saturated rings. The average molecular weight is 200 g/mol. The van der Waals surface area contributed by atoms with Gasteiger partial charge in [0.2, 0.25) is 0 Å².